The van der Waals surface area contributed by atoms with Crippen LogP contribution in [0.5, 0.6) is 0 Å². The molecular formula is C13H17N3OS. The summed E-state index contributed by atoms with van der Waals surface area (Å²) >= 11 is 1.72. The van der Waals surface area contributed by atoms with E-state index in [1.807, 2.05) is 19.9 Å². The highest BCUT2D eigenvalue weighted by molar-refractivity contribution is 7.09. The van der Waals surface area contributed by atoms with Gasteiger partial charge in [0.25, 0.3) is 0 Å². The molecule has 0 aromatic carbocycles. The van der Waals surface area contributed by atoms with Gasteiger partial charge in [0.15, 0.2) is 0 Å². The predicted molar refractivity (Wildman–Crippen MR) is 72.6 cm³/mol. The minimum atomic E-state index is -0.224. The Balaban J connectivity index is 1.87. The van der Waals surface area contributed by atoms with E-state index in [0.29, 0.717) is 0 Å². The third kappa shape index (κ3) is 3.20. The molecule has 0 unspecified atom stereocenters. The minimum absolute atomic E-state index is 0.0251. The monoisotopic (exact) mass is 263 g/mol. The Morgan fingerprint density at radius 3 is 3.00 bits per heavy atom. The molecule has 0 aliphatic rings. The van der Waals surface area contributed by atoms with Gasteiger partial charge in [0.05, 0.1) is 6.33 Å². The second-order valence-electron chi connectivity index (χ2n) is 4.38. The van der Waals surface area contributed by atoms with Crippen LogP contribution in [-0.2, 0) is 11.2 Å². The van der Waals surface area contributed by atoms with E-state index in [9.17, 15) is 4.79 Å². The zero-order chi connectivity index (χ0) is 13.0. The Morgan fingerprint density at radius 1 is 1.56 bits per heavy atom. The first-order valence-corrected chi connectivity index (χ1v) is 6.85. The smallest absolute Gasteiger partial charge is 0.243 e. The maximum absolute atomic E-state index is 12.0. The van der Waals surface area contributed by atoms with E-state index in [2.05, 4.69) is 21.7 Å². The number of thiophene rings is 1. The Hall–Kier alpha value is -1.62. The zero-order valence-corrected chi connectivity index (χ0v) is 11.4. The second-order valence-corrected chi connectivity index (χ2v) is 5.41. The largest absolute Gasteiger partial charge is 0.351 e. The number of rotatable bonds is 5. The van der Waals surface area contributed by atoms with Crippen molar-refractivity contribution in [3.8, 4) is 0 Å². The summed E-state index contributed by atoms with van der Waals surface area (Å²) in [6.45, 7) is 3.90. The van der Waals surface area contributed by atoms with Crippen molar-refractivity contribution in [2.24, 2.45) is 0 Å². The molecule has 0 aliphatic carbocycles. The molecule has 2 aromatic rings. The van der Waals surface area contributed by atoms with Crippen molar-refractivity contribution < 1.29 is 4.79 Å². The quantitative estimate of drug-likeness (QED) is 0.899. The zero-order valence-electron chi connectivity index (χ0n) is 10.5. The van der Waals surface area contributed by atoms with E-state index in [1.54, 1.807) is 34.6 Å². The van der Waals surface area contributed by atoms with Gasteiger partial charge in [-0.15, -0.1) is 11.3 Å². The molecule has 0 aliphatic heterocycles. The summed E-state index contributed by atoms with van der Waals surface area (Å²) in [5.74, 6) is 0.0251. The standard InChI is InChI=1S/C13H17N3OS/c1-10(8-12-4-3-7-18-12)15-13(17)11(2)16-6-5-14-9-16/h3-7,9-11H,8H2,1-2H3,(H,15,17)/t10-,11+/m0/s1. The lowest BCUT2D eigenvalue weighted by Gasteiger charge is -2.17. The minimum Gasteiger partial charge on any atom is -0.351 e. The van der Waals surface area contributed by atoms with Gasteiger partial charge in [-0.05, 0) is 25.3 Å². The van der Waals surface area contributed by atoms with Crippen LogP contribution in [0.25, 0.3) is 0 Å². The summed E-state index contributed by atoms with van der Waals surface area (Å²) in [5, 5.41) is 5.08. The molecule has 1 amide bonds. The van der Waals surface area contributed by atoms with Crippen molar-refractivity contribution in [3.05, 3.63) is 41.1 Å². The fourth-order valence-electron chi connectivity index (χ4n) is 1.78. The molecule has 18 heavy (non-hydrogen) atoms. The number of aromatic nitrogens is 2. The van der Waals surface area contributed by atoms with E-state index >= 15 is 0 Å². The van der Waals surface area contributed by atoms with E-state index in [0.717, 1.165) is 6.42 Å². The summed E-state index contributed by atoms with van der Waals surface area (Å²) in [6, 6.07) is 4.04. The van der Waals surface area contributed by atoms with Gasteiger partial charge >= 0.3 is 0 Å². The Kier molecular flexibility index (Phi) is 4.15. The Bertz CT molecular complexity index is 478. The maximum Gasteiger partial charge on any atom is 0.243 e. The molecule has 1 N–H and O–H groups in total. The van der Waals surface area contributed by atoms with Gasteiger partial charge in [0, 0.05) is 29.7 Å². The number of nitrogens with one attached hydrogen (secondary N) is 1. The van der Waals surface area contributed by atoms with Crippen LogP contribution < -0.4 is 5.32 Å². The van der Waals surface area contributed by atoms with E-state index < -0.39 is 0 Å². The van der Waals surface area contributed by atoms with Gasteiger partial charge < -0.3 is 9.88 Å². The fraction of sp³-hybridized carbons (Fsp3) is 0.385. The lowest BCUT2D eigenvalue weighted by atomic mass is 10.2. The fourth-order valence-corrected chi connectivity index (χ4v) is 2.61. The summed E-state index contributed by atoms with van der Waals surface area (Å²) in [4.78, 5) is 17.3. The number of carbonyl (C=O) groups is 1. The van der Waals surface area contributed by atoms with Crippen molar-refractivity contribution in [3.63, 3.8) is 0 Å². The molecule has 0 radical (unpaired) electrons. The van der Waals surface area contributed by atoms with Crippen LogP contribution in [0.4, 0.5) is 0 Å². The average Bonchev–Trinajstić information content (AvgIpc) is 2.99. The highest BCUT2D eigenvalue weighted by Crippen LogP contribution is 2.12. The number of carbonyl (C=O) groups excluding carboxylic acids is 1. The lowest BCUT2D eigenvalue weighted by Crippen LogP contribution is -2.38. The molecule has 0 saturated heterocycles. The Morgan fingerprint density at radius 2 is 2.39 bits per heavy atom. The van der Waals surface area contributed by atoms with Gasteiger partial charge in [0.2, 0.25) is 5.91 Å². The van der Waals surface area contributed by atoms with Gasteiger partial charge in [-0.3, -0.25) is 4.79 Å². The van der Waals surface area contributed by atoms with Crippen LogP contribution in [0.2, 0.25) is 0 Å². The van der Waals surface area contributed by atoms with Crippen molar-refractivity contribution in [1.29, 1.82) is 0 Å². The molecule has 2 heterocycles. The first-order valence-electron chi connectivity index (χ1n) is 5.97. The number of hydrogen-bond donors (Lipinski definition) is 1. The van der Waals surface area contributed by atoms with Crippen molar-refractivity contribution >= 4 is 17.2 Å². The summed E-state index contributed by atoms with van der Waals surface area (Å²) < 4.78 is 1.80. The first kappa shape index (κ1) is 12.8. The molecule has 2 atom stereocenters. The topological polar surface area (TPSA) is 46.9 Å². The third-order valence-corrected chi connectivity index (χ3v) is 3.73. The summed E-state index contributed by atoms with van der Waals surface area (Å²) in [6.07, 6.45) is 6.02. The van der Waals surface area contributed by atoms with Crippen LogP contribution >= 0.6 is 11.3 Å². The van der Waals surface area contributed by atoms with Crippen LogP contribution in [0.1, 0.15) is 24.8 Å². The molecule has 0 saturated carbocycles. The van der Waals surface area contributed by atoms with Crippen molar-refractivity contribution in [2.75, 3.05) is 0 Å². The van der Waals surface area contributed by atoms with Crippen LogP contribution in [0, 0.1) is 0 Å². The second kappa shape index (κ2) is 5.82. The number of amides is 1. The van der Waals surface area contributed by atoms with Gasteiger partial charge in [0.1, 0.15) is 6.04 Å². The summed E-state index contributed by atoms with van der Waals surface area (Å²) in [5.41, 5.74) is 0. The lowest BCUT2D eigenvalue weighted by molar-refractivity contribution is -0.124. The highest BCUT2D eigenvalue weighted by Gasteiger charge is 2.16. The van der Waals surface area contributed by atoms with Gasteiger partial charge in [-0.25, -0.2) is 4.98 Å². The SMILES string of the molecule is C[C@H](C(=O)N[C@@H](C)Cc1cccs1)n1ccnc1. The molecule has 5 heteroatoms. The molecule has 0 fully saturated rings. The number of imidazole rings is 1. The van der Waals surface area contributed by atoms with Gasteiger partial charge in [-0.2, -0.15) is 0 Å². The van der Waals surface area contributed by atoms with E-state index in [4.69, 9.17) is 0 Å². The third-order valence-electron chi connectivity index (χ3n) is 2.83. The number of hydrogen-bond acceptors (Lipinski definition) is 3. The summed E-state index contributed by atoms with van der Waals surface area (Å²) in [7, 11) is 0. The van der Waals surface area contributed by atoms with E-state index in [-0.39, 0.29) is 18.0 Å². The van der Waals surface area contributed by atoms with Crippen LogP contribution in [0.15, 0.2) is 36.2 Å². The molecule has 0 bridgehead atoms. The molecule has 4 nitrogen and oxygen atoms in total. The van der Waals surface area contributed by atoms with Crippen LogP contribution in [-0.4, -0.2) is 21.5 Å². The first-order chi connectivity index (χ1) is 8.66. The van der Waals surface area contributed by atoms with Crippen molar-refractivity contribution in [1.82, 2.24) is 14.9 Å². The molecule has 2 aromatic heterocycles. The molecule has 96 valence electrons. The average molecular weight is 263 g/mol. The van der Waals surface area contributed by atoms with Crippen molar-refractivity contribution in [2.45, 2.75) is 32.4 Å². The van der Waals surface area contributed by atoms with E-state index in [1.165, 1.54) is 4.88 Å². The molecule has 2 rings (SSSR count). The van der Waals surface area contributed by atoms with Gasteiger partial charge in [-0.1, -0.05) is 6.07 Å². The highest BCUT2D eigenvalue weighted by atomic mass is 32.1. The normalized spacial score (nSPS) is 14.1. The predicted octanol–water partition coefficient (Wildman–Crippen LogP) is 2.25. The molecular weight excluding hydrogens is 246 g/mol. The van der Waals surface area contributed by atoms with Crippen LogP contribution in [0.3, 0.4) is 0 Å². The molecule has 0 spiro atoms. The maximum atomic E-state index is 12.0. The Labute approximate surface area is 111 Å². The number of nitrogens with zero attached hydrogens (tertiary/aromatic N) is 2.